The number of nitrogens with zero attached hydrogens (tertiary/aromatic N) is 4. The van der Waals surface area contributed by atoms with Crippen molar-refractivity contribution in [1.82, 2.24) is 19.5 Å². The highest BCUT2D eigenvalue weighted by Crippen LogP contribution is 2.34. The Kier molecular flexibility index (Phi) is 5.17. The minimum Gasteiger partial charge on any atom is -0.394 e. The van der Waals surface area contributed by atoms with Crippen molar-refractivity contribution in [3.63, 3.8) is 0 Å². The second kappa shape index (κ2) is 7.89. The van der Waals surface area contributed by atoms with Gasteiger partial charge in [-0.1, -0.05) is 30.3 Å². The molecule has 0 saturated carbocycles. The third-order valence-corrected chi connectivity index (χ3v) is 4.85. The van der Waals surface area contributed by atoms with Crippen LogP contribution in [0.15, 0.2) is 36.7 Å². The number of imidazole rings is 1. The van der Waals surface area contributed by atoms with Crippen molar-refractivity contribution in [2.75, 3.05) is 24.2 Å². The first-order valence-corrected chi connectivity index (χ1v) is 9.29. The summed E-state index contributed by atoms with van der Waals surface area (Å²) >= 11 is 0. The van der Waals surface area contributed by atoms with Gasteiger partial charge in [-0.2, -0.15) is 0 Å². The van der Waals surface area contributed by atoms with Gasteiger partial charge in [0, 0.05) is 6.54 Å². The van der Waals surface area contributed by atoms with Crippen LogP contribution in [0.3, 0.4) is 0 Å². The molecule has 1 aliphatic rings. The topological polar surface area (TPSA) is 111 Å². The van der Waals surface area contributed by atoms with Crippen molar-refractivity contribution in [3.05, 3.63) is 42.2 Å². The van der Waals surface area contributed by atoms with E-state index in [1.807, 2.05) is 10.6 Å². The maximum absolute atomic E-state index is 9.38. The van der Waals surface area contributed by atoms with Crippen molar-refractivity contribution >= 4 is 22.9 Å². The molecule has 0 amide bonds. The number of nitrogen functional groups attached to an aromatic ring is 1. The van der Waals surface area contributed by atoms with Gasteiger partial charge in [0.1, 0.15) is 12.6 Å². The van der Waals surface area contributed by atoms with Gasteiger partial charge < -0.3 is 20.9 Å². The summed E-state index contributed by atoms with van der Waals surface area (Å²) in [5, 5.41) is 12.8. The largest absolute Gasteiger partial charge is 0.394 e. The number of fused-ring (bicyclic) bond motifs is 1. The van der Waals surface area contributed by atoms with E-state index in [2.05, 4.69) is 44.5 Å². The zero-order valence-corrected chi connectivity index (χ0v) is 15.1. The van der Waals surface area contributed by atoms with Crippen LogP contribution < -0.4 is 11.1 Å². The number of rotatable bonds is 7. The van der Waals surface area contributed by atoms with Crippen LogP contribution in [0.25, 0.3) is 11.2 Å². The summed E-state index contributed by atoms with van der Waals surface area (Å²) in [6, 6.07) is 10.4. The lowest BCUT2D eigenvalue weighted by atomic mass is 10.1. The maximum atomic E-state index is 9.38. The molecule has 0 bridgehead atoms. The molecule has 1 fully saturated rings. The molecular formula is C19H24N6O2. The lowest BCUT2D eigenvalue weighted by Gasteiger charge is -2.17. The summed E-state index contributed by atoms with van der Waals surface area (Å²) in [5.74, 6) is 1.02. The number of benzene rings is 1. The molecule has 3 heterocycles. The average molecular weight is 368 g/mol. The van der Waals surface area contributed by atoms with Crippen LogP contribution in [-0.2, 0) is 11.2 Å². The fourth-order valence-electron chi connectivity index (χ4n) is 3.47. The third-order valence-electron chi connectivity index (χ3n) is 4.85. The summed E-state index contributed by atoms with van der Waals surface area (Å²) in [5.41, 5.74) is 8.52. The molecule has 0 radical (unpaired) electrons. The second-order valence-corrected chi connectivity index (χ2v) is 6.73. The SMILES string of the molecule is Nc1ncnc2c1nc(NCCCc1ccccc1)n2C1CCC(CO)O1. The predicted octanol–water partition coefficient (Wildman–Crippen LogP) is 2.12. The van der Waals surface area contributed by atoms with E-state index in [1.54, 1.807) is 0 Å². The molecule has 8 nitrogen and oxygen atoms in total. The molecule has 27 heavy (non-hydrogen) atoms. The molecule has 0 aliphatic carbocycles. The van der Waals surface area contributed by atoms with Crippen LogP contribution >= 0.6 is 0 Å². The smallest absolute Gasteiger partial charge is 0.207 e. The van der Waals surface area contributed by atoms with Crippen molar-refractivity contribution in [2.45, 2.75) is 38.0 Å². The van der Waals surface area contributed by atoms with Crippen LogP contribution in [-0.4, -0.2) is 43.9 Å². The molecule has 4 rings (SSSR count). The molecule has 8 heteroatoms. The zero-order valence-electron chi connectivity index (χ0n) is 15.1. The number of aliphatic hydroxyl groups excluding tert-OH is 1. The fourth-order valence-corrected chi connectivity index (χ4v) is 3.47. The molecule has 1 aliphatic heterocycles. The van der Waals surface area contributed by atoms with E-state index in [0.29, 0.717) is 22.9 Å². The molecule has 4 N–H and O–H groups in total. The van der Waals surface area contributed by atoms with E-state index in [1.165, 1.54) is 11.9 Å². The van der Waals surface area contributed by atoms with E-state index >= 15 is 0 Å². The number of aryl methyl sites for hydroxylation is 1. The van der Waals surface area contributed by atoms with Crippen molar-refractivity contribution < 1.29 is 9.84 Å². The Bertz CT molecular complexity index is 898. The van der Waals surface area contributed by atoms with Crippen molar-refractivity contribution in [2.24, 2.45) is 0 Å². The molecule has 0 spiro atoms. The summed E-state index contributed by atoms with van der Waals surface area (Å²) < 4.78 is 7.89. The predicted molar refractivity (Wildman–Crippen MR) is 103 cm³/mol. The minimum atomic E-state index is -0.224. The minimum absolute atomic E-state index is 0.0140. The summed E-state index contributed by atoms with van der Waals surface area (Å²) in [6.07, 6.45) is 4.61. The lowest BCUT2D eigenvalue weighted by Crippen LogP contribution is -2.17. The van der Waals surface area contributed by atoms with Gasteiger partial charge in [0.2, 0.25) is 5.95 Å². The highest BCUT2D eigenvalue weighted by Gasteiger charge is 2.30. The van der Waals surface area contributed by atoms with Gasteiger partial charge in [-0.3, -0.25) is 4.57 Å². The van der Waals surface area contributed by atoms with Crippen LogP contribution in [0, 0.1) is 0 Å². The summed E-state index contributed by atoms with van der Waals surface area (Å²) in [4.78, 5) is 13.0. The number of anilines is 2. The van der Waals surface area contributed by atoms with Crippen LogP contribution in [0.4, 0.5) is 11.8 Å². The number of aliphatic hydroxyl groups is 1. The van der Waals surface area contributed by atoms with Gasteiger partial charge in [-0.25, -0.2) is 15.0 Å². The number of hydrogen-bond donors (Lipinski definition) is 3. The van der Waals surface area contributed by atoms with Gasteiger partial charge >= 0.3 is 0 Å². The van der Waals surface area contributed by atoms with E-state index in [0.717, 1.165) is 32.2 Å². The first kappa shape index (κ1) is 17.7. The summed E-state index contributed by atoms with van der Waals surface area (Å²) in [6.45, 7) is 0.780. The first-order valence-electron chi connectivity index (χ1n) is 9.29. The van der Waals surface area contributed by atoms with Gasteiger partial charge in [0.25, 0.3) is 0 Å². The number of nitrogens with two attached hydrogens (primary N) is 1. The standard InChI is InChI=1S/C19H24N6O2/c20-17-16-18(23-12-22-17)25(15-9-8-14(11-26)27-15)19(24-16)21-10-4-7-13-5-2-1-3-6-13/h1-3,5-6,12,14-15,26H,4,7-11H2,(H,21,24)(H2,20,22,23). The number of nitrogens with one attached hydrogen (secondary N) is 1. The van der Waals surface area contributed by atoms with Crippen LogP contribution in [0.1, 0.15) is 31.1 Å². The summed E-state index contributed by atoms with van der Waals surface area (Å²) in [7, 11) is 0. The quantitative estimate of drug-likeness (QED) is 0.548. The van der Waals surface area contributed by atoms with Crippen LogP contribution in [0.2, 0.25) is 0 Å². The normalized spacial score (nSPS) is 19.6. The first-order chi connectivity index (χ1) is 13.3. The Hall–Kier alpha value is -2.71. The molecule has 1 saturated heterocycles. The van der Waals surface area contributed by atoms with Gasteiger partial charge in [0.05, 0.1) is 12.7 Å². The second-order valence-electron chi connectivity index (χ2n) is 6.73. The van der Waals surface area contributed by atoms with E-state index in [4.69, 9.17) is 10.5 Å². The number of aromatic nitrogens is 4. The van der Waals surface area contributed by atoms with Crippen molar-refractivity contribution in [3.8, 4) is 0 Å². The molecule has 2 atom stereocenters. The monoisotopic (exact) mass is 368 g/mol. The molecule has 2 unspecified atom stereocenters. The molecule has 142 valence electrons. The number of hydrogen-bond acceptors (Lipinski definition) is 7. The van der Waals surface area contributed by atoms with E-state index in [-0.39, 0.29) is 18.9 Å². The zero-order chi connectivity index (χ0) is 18.6. The van der Waals surface area contributed by atoms with E-state index in [9.17, 15) is 5.11 Å². The Balaban J connectivity index is 1.52. The van der Waals surface area contributed by atoms with Crippen molar-refractivity contribution in [1.29, 1.82) is 0 Å². The van der Waals surface area contributed by atoms with Gasteiger partial charge in [-0.05, 0) is 31.2 Å². The van der Waals surface area contributed by atoms with E-state index < -0.39 is 0 Å². The maximum Gasteiger partial charge on any atom is 0.207 e. The lowest BCUT2D eigenvalue weighted by molar-refractivity contribution is -0.0197. The highest BCUT2D eigenvalue weighted by molar-refractivity contribution is 5.84. The van der Waals surface area contributed by atoms with Crippen LogP contribution in [0.5, 0.6) is 0 Å². The molecule has 2 aromatic heterocycles. The fraction of sp³-hybridized carbons (Fsp3) is 0.421. The van der Waals surface area contributed by atoms with Gasteiger partial charge in [-0.15, -0.1) is 0 Å². The van der Waals surface area contributed by atoms with Gasteiger partial charge in [0.15, 0.2) is 17.0 Å². The number of ether oxygens (including phenoxy) is 1. The molecule has 3 aromatic rings. The Labute approximate surface area is 157 Å². The molecule has 1 aromatic carbocycles. The Morgan fingerprint density at radius 2 is 2.07 bits per heavy atom. The average Bonchev–Trinajstić information content (AvgIpc) is 3.31. The third kappa shape index (κ3) is 3.72. The highest BCUT2D eigenvalue weighted by atomic mass is 16.5. The molecular weight excluding hydrogens is 344 g/mol. The Morgan fingerprint density at radius 3 is 2.85 bits per heavy atom. The Morgan fingerprint density at radius 1 is 1.22 bits per heavy atom.